The number of nitrogens with one attached hydrogen (secondary N) is 3. The number of nitrogens with zero attached hydrogens (tertiary/aromatic N) is 2. The van der Waals surface area contributed by atoms with Gasteiger partial charge in [0, 0.05) is 49.7 Å². The van der Waals surface area contributed by atoms with E-state index < -0.39 is 23.8 Å². The van der Waals surface area contributed by atoms with Gasteiger partial charge in [0.1, 0.15) is 0 Å². The van der Waals surface area contributed by atoms with Crippen LogP contribution in [0.1, 0.15) is 32.6 Å². The molecule has 4 N–H and O–H groups in total. The summed E-state index contributed by atoms with van der Waals surface area (Å²) < 4.78 is 0. The maximum absolute atomic E-state index is 12.8. The van der Waals surface area contributed by atoms with Crippen molar-refractivity contribution in [1.82, 2.24) is 26.0 Å². The highest BCUT2D eigenvalue weighted by Crippen LogP contribution is 2.10. The molecule has 3 rings (SSSR count). The molecule has 190 valence electrons. The molecule has 0 saturated heterocycles. The van der Waals surface area contributed by atoms with Gasteiger partial charge in [0.15, 0.2) is 6.04 Å². The minimum atomic E-state index is -1.51. The van der Waals surface area contributed by atoms with Crippen molar-refractivity contribution < 1.29 is 19.6 Å². The molecule has 9 heteroatoms. The molecule has 1 unspecified atom stereocenters. The molecule has 1 atom stereocenters. The number of pyridine rings is 1. The molecule has 0 fully saturated rings. The van der Waals surface area contributed by atoms with Crippen LogP contribution in [-0.4, -0.2) is 59.5 Å². The molecule has 0 saturated carbocycles. The van der Waals surface area contributed by atoms with Crippen LogP contribution in [-0.2, 0) is 22.6 Å². The summed E-state index contributed by atoms with van der Waals surface area (Å²) >= 11 is 0. The van der Waals surface area contributed by atoms with E-state index in [1.807, 2.05) is 36.4 Å². The second-order valence-electron chi connectivity index (χ2n) is 8.22. The van der Waals surface area contributed by atoms with Crippen molar-refractivity contribution in [3.05, 3.63) is 101 Å². The molecule has 1 aromatic heterocycles. The summed E-state index contributed by atoms with van der Waals surface area (Å²) in [5, 5.41) is 14.6. The fourth-order valence-corrected chi connectivity index (χ4v) is 3.55. The number of aromatic nitrogens is 1. The lowest BCUT2D eigenvalue weighted by Crippen LogP contribution is -2.54. The number of hydrogen-bond acceptors (Lipinski definition) is 6. The first kappa shape index (κ1) is 27.1. The monoisotopic (exact) mass is 499 g/mol. The highest BCUT2D eigenvalue weighted by atomic mass is 16.5. The number of rotatable bonds is 9. The molecular formula is C28H29N5O4. The van der Waals surface area contributed by atoms with Gasteiger partial charge in [0.05, 0.1) is 0 Å². The smallest absolute Gasteiger partial charge is 0.275 e. The molecule has 37 heavy (non-hydrogen) atoms. The maximum atomic E-state index is 12.8. The van der Waals surface area contributed by atoms with E-state index in [4.69, 9.17) is 5.21 Å². The average molecular weight is 500 g/mol. The second kappa shape index (κ2) is 13.5. The van der Waals surface area contributed by atoms with Gasteiger partial charge < -0.3 is 15.5 Å². The zero-order valence-electron chi connectivity index (χ0n) is 20.7. The number of benzene rings is 2. The highest BCUT2D eigenvalue weighted by Gasteiger charge is 2.33. The van der Waals surface area contributed by atoms with Gasteiger partial charge in [-0.1, -0.05) is 24.0 Å². The van der Waals surface area contributed by atoms with Gasteiger partial charge in [-0.3, -0.25) is 24.6 Å². The Morgan fingerprint density at radius 1 is 0.892 bits per heavy atom. The molecule has 3 amide bonds. The Kier molecular flexibility index (Phi) is 9.91. The Bertz CT molecular complexity index is 1250. The molecule has 1 heterocycles. The van der Waals surface area contributed by atoms with Gasteiger partial charge in [-0.15, -0.1) is 0 Å². The third-order valence-corrected chi connectivity index (χ3v) is 5.67. The Hall–Kier alpha value is -4.52. The van der Waals surface area contributed by atoms with Crippen LogP contribution in [0.25, 0.3) is 0 Å². The minimum Gasteiger partial charge on any atom is -0.357 e. The molecule has 9 nitrogen and oxygen atoms in total. The SMILES string of the molecule is CNC(=O)C(C(=O)NO)N(C)C(=O)c1ccc(C#Cc2ccc(CNCCc3ccncc3)cc2)cc1. The van der Waals surface area contributed by atoms with Gasteiger partial charge in [-0.05, 0) is 72.6 Å². The normalized spacial score (nSPS) is 11.0. The van der Waals surface area contributed by atoms with Gasteiger partial charge in [-0.2, -0.15) is 0 Å². The topological polar surface area (TPSA) is 124 Å². The molecule has 0 aliphatic heterocycles. The molecule has 0 bridgehead atoms. The minimum absolute atomic E-state index is 0.272. The van der Waals surface area contributed by atoms with Gasteiger partial charge >= 0.3 is 0 Å². The molecule has 2 aromatic carbocycles. The lowest BCUT2D eigenvalue weighted by atomic mass is 10.1. The van der Waals surface area contributed by atoms with Crippen molar-refractivity contribution in [2.45, 2.75) is 19.0 Å². The van der Waals surface area contributed by atoms with E-state index in [1.165, 1.54) is 25.1 Å². The third-order valence-electron chi connectivity index (χ3n) is 5.67. The fourth-order valence-electron chi connectivity index (χ4n) is 3.55. The molecule has 0 radical (unpaired) electrons. The van der Waals surface area contributed by atoms with Crippen molar-refractivity contribution in [1.29, 1.82) is 0 Å². The van der Waals surface area contributed by atoms with E-state index in [1.54, 1.807) is 36.7 Å². The first-order valence-corrected chi connectivity index (χ1v) is 11.7. The predicted molar refractivity (Wildman–Crippen MR) is 138 cm³/mol. The summed E-state index contributed by atoms with van der Waals surface area (Å²) in [6.45, 7) is 1.64. The first-order valence-electron chi connectivity index (χ1n) is 11.7. The van der Waals surface area contributed by atoms with Crippen molar-refractivity contribution in [2.75, 3.05) is 20.6 Å². The molecule has 0 aliphatic carbocycles. The largest absolute Gasteiger partial charge is 0.357 e. The summed E-state index contributed by atoms with van der Waals surface area (Å²) in [4.78, 5) is 41.6. The van der Waals surface area contributed by atoms with Crippen molar-refractivity contribution >= 4 is 17.7 Å². The maximum Gasteiger partial charge on any atom is 0.275 e. The number of hydrogen-bond donors (Lipinski definition) is 4. The van der Waals surface area contributed by atoms with Crippen LogP contribution in [0.4, 0.5) is 0 Å². The van der Waals surface area contributed by atoms with Crippen LogP contribution >= 0.6 is 0 Å². The van der Waals surface area contributed by atoms with Crippen LogP contribution in [0.5, 0.6) is 0 Å². The Morgan fingerprint density at radius 3 is 2.05 bits per heavy atom. The van der Waals surface area contributed by atoms with E-state index in [0.717, 1.165) is 35.5 Å². The molecule has 3 aromatic rings. The zero-order chi connectivity index (χ0) is 26.6. The number of carbonyl (C=O) groups excluding carboxylic acids is 3. The summed E-state index contributed by atoms with van der Waals surface area (Å²) in [6.07, 6.45) is 4.54. The van der Waals surface area contributed by atoms with E-state index in [2.05, 4.69) is 27.5 Å². The first-order chi connectivity index (χ1) is 17.9. The van der Waals surface area contributed by atoms with Gasteiger partial charge in [0.2, 0.25) is 0 Å². The van der Waals surface area contributed by atoms with E-state index in [0.29, 0.717) is 5.56 Å². The summed E-state index contributed by atoms with van der Waals surface area (Å²) in [7, 11) is 2.65. The Morgan fingerprint density at radius 2 is 1.49 bits per heavy atom. The van der Waals surface area contributed by atoms with Crippen LogP contribution in [0.2, 0.25) is 0 Å². The summed E-state index contributed by atoms with van der Waals surface area (Å²) in [6, 6.07) is 17.0. The fraction of sp³-hybridized carbons (Fsp3) is 0.214. The lowest BCUT2D eigenvalue weighted by Gasteiger charge is -2.25. The third kappa shape index (κ3) is 7.73. The molecule has 0 spiro atoms. The summed E-state index contributed by atoms with van der Waals surface area (Å²) in [5.74, 6) is 3.88. The Labute approximate surface area is 215 Å². The van der Waals surface area contributed by atoms with Crippen molar-refractivity contribution in [3.63, 3.8) is 0 Å². The quantitative estimate of drug-likeness (QED) is 0.116. The van der Waals surface area contributed by atoms with Crippen LogP contribution < -0.4 is 16.1 Å². The average Bonchev–Trinajstić information content (AvgIpc) is 2.95. The van der Waals surface area contributed by atoms with Crippen LogP contribution in [0.3, 0.4) is 0 Å². The van der Waals surface area contributed by atoms with Gasteiger partial charge in [0.25, 0.3) is 17.7 Å². The van der Waals surface area contributed by atoms with E-state index in [-0.39, 0.29) is 5.56 Å². The van der Waals surface area contributed by atoms with Gasteiger partial charge in [-0.25, -0.2) is 5.48 Å². The lowest BCUT2D eigenvalue weighted by molar-refractivity contribution is -0.140. The number of likely N-dealkylation sites (N-methyl/N-ethyl adjacent to an activating group) is 2. The summed E-state index contributed by atoms with van der Waals surface area (Å²) in [5.41, 5.74) is 5.67. The standard InChI is InChI=1S/C28H29N5O4/c1-29-26(34)25(27(35)32-37)33(2)28(36)24-11-9-21(10-12-24)4-3-20-5-7-23(8-6-20)19-31-18-15-22-13-16-30-17-14-22/h5-14,16-17,25,31,37H,15,18-19H2,1-2H3,(H,29,34)(H,32,35). The highest BCUT2D eigenvalue weighted by molar-refractivity contribution is 6.08. The van der Waals surface area contributed by atoms with Crippen molar-refractivity contribution in [2.24, 2.45) is 0 Å². The van der Waals surface area contributed by atoms with E-state index in [9.17, 15) is 14.4 Å². The van der Waals surface area contributed by atoms with Crippen LogP contribution in [0, 0.1) is 11.8 Å². The molecule has 0 aliphatic rings. The number of hydroxylamine groups is 1. The Balaban J connectivity index is 1.55. The number of amides is 3. The molecular weight excluding hydrogens is 470 g/mol. The van der Waals surface area contributed by atoms with Crippen LogP contribution in [0.15, 0.2) is 73.1 Å². The van der Waals surface area contributed by atoms with E-state index >= 15 is 0 Å². The van der Waals surface area contributed by atoms with Crippen molar-refractivity contribution in [3.8, 4) is 11.8 Å². The number of carbonyl (C=O) groups is 3. The predicted octanol–water partition coefficient (Wildman–Crippen LogP) is 1.51. The second-order valence-corrected chi connectivity index (χ2v) is 8.22. The zero-order valence-corrected chi connectivity index (χ0v) is 20.7.